The predicted octanol–water partition coefficient (Wildman–Crippen LogP) is 3.54. The summed E-state index contributed by atoms with van der Waals surface area (Å²) < 4.78 is 20.8. The number of hydrogen-bond donors (Lipinski definition) is 1. The van der Waals surface area contributed by atoms with Crippen LogP contribution in [0.15, 0.2) is 18.2 Å². The number of ether oxygens (including phenoxy) is 1. The number of rotatable bonds is 4. The van der Waals surface area contributed by atoms with Gasteiger partial charge in [0.2, 0.25) is 5.88 Å². The fourth-order valence-corrected chi connectivity index (χ4v) is 1.95. The Kier molecular flexibility index (Phi) is 3.95. The average molecular weight is 284 g/mol. The van der Waals surface area contributed by atoms with E-state index in [1.807, 2.05) is 6.92 Å². The lowest BCUT2D eigenvalue weighted by atomic mass is 10.2. The maximum Gasteiger partial charge on any atom is 0.241 e. The normalized spacial score (nSPS) is 10.7. The fourth-order valence-electron chi connectivity index (χ4n) is 1.79. The number of hydrogen-bond acceptors (Lipinski definition) is 3. The van der Waals surface area contributed by atoms with Crippen LogP contribution in [0.3, 0.4) is 0 Å². The summed E-state index contributed by atoms with van der Waals surface area (Å²) in [6.45, 7) is 2.03. The Morgan fingerprint density at radius 2 is 2.21 bits per heavy atom. The highest BCUT2D eigenvalue weighted by Gasteiger charge is 2.17. The van der Waals surface area contributed by atoms with Crippen LogP contribution in [-0.4, -0.2) is 9.78 Å². The van der Waals surface area contributed by atoms with Crippen molar-refractivity contribution in [3.05, 3.63) is 34.7 Å². The highest BCUT2D eigenvalue weighted by atomic mass is 35.5. The second-order valence-corrected chi connectivity index (χ2v) is 4.60. The molecule has 2 rings (SSSR count). The van der Waals surface area contributed by atoms with Crippen LogP contribution in [-0.2, 0) is 13.5 Å². The van der Waals surface area contributed by atoms with Crippen molar-refractivity contribution in [3.63, 3.8) is 0 Å². The second kappa shape index (κ2) is 5.48. The number of nitrogen functional groups attached to an aromatic ring is 1. The van der Waals surface area contributed by atoms with E-state index in [-0.39, 0.29) is 10.8 Å². The molecule has 0 radical (unpaired) electrons. The average Bonchev–Trinajstić information content (AvgIpc) is 2.63. The second-order valence-electron chi connectivity index (χ2n) is 4.19. The molecule has 102 valence electrons. The van der Waals surface area contributed by atoms with Crippen LogP contribution < -0.4 is 10.5 Å². The molecule has 2 aromatic rings. The zero-order valence-electron chi connectivity index (χ0n) is 10.8. The molecule has 0 bridgehead atoms. The molecule has 1 heterocycles. The van der Waals surface area contributed by atoms with Gasteiger partial charge in [-0.05, 0) is 18.6 Å². The maximum atomic E-state index is 13.8. The molecule has 0 saturated carbocycles. The molecule has 2 N–H and O–H groups in total. The SMILES string of the molecule is CCCc1nn(C)c(Oc2cccc(Cl)c2F)c1N. The summed E-state index contributed by atoms with van der Waals surface area (Å²) in [5.41, 5.74) is 7.15. The third kappa shape index (κ3) is 2.66. The van der Waals surface area contributed by atoms with Crippen LogP contribution in [0.25, 0.3) is 0 Å². The number of nitrogens with zero attached hydrogens (tertiary/aromatic N) is 2. The van der Waals surface area contributed by atoms with Crippen molar-refractivity contribution in [2.24, 2.45) is 7.05 Å². The van der Waals surface area contributed by atoms with E-state index in [9.17, 15) is 4.39 Å². The molecule has 0 unspecified atom stereocenters. The molecule has 1 aromatic carbocycles. The lowest BCUT2D eigenvalue weighted by Gasteiger charge is -2.08. The van der Waals surface area contributed by atoms with Crippen LogP contribution >= 0.6 is 11.6 Å². The van der Waals surface area contributed by atoms with Gasteiger partial charge < -0.3 is 10.5 Å². The molecular weight excluding hydrogens is 269 g/mol. The number of anilines is 1. The molecule has 0 fully saturated rings. The van der Waals surface area contributed by atoms with Gasteiger partial charge in [-0.3, -0.25) is 0 Å². The smallest absolute Gasteiger partial charge is 0.241 e. The van der Waals surface area contributed by atoms with Gasteiger partial charge in [0, 0.05) is 7.05 Å². The quantitative estimate of drug-likeness (QED) is 0.934. The summed E-state index contributed by atoms with van der Waals surface area (Å²) in [4.78, 5) is 0. The Balaban J connectivity index is 2.36. The minimum Gasteiger partial charge on any atom is -0.434 e. The standard InChI is InChI=1S/C13H15ClFN3O/c1-3-5-9-12(16)13(18(2)17-9)19-10-7-4-6-8(14)11(10)15/h4,6-7H,3,5,16H2,1-2H3. The van der Waals surface area contributed by atoms with Gasteiger partial charge in [-0.1, -0.05) is 31.0 Å². The molecular formula is C13H15ClFN3O. The highest BCUT2D eigenvalue weighted by molar-refractivity contribution is 6.30. The number of aromatic nitrogens is 2. The monoisotopic (exact) mass is 283 g/mol. The summed E-state index contributed by atoms with van der Waals surface area (Å²) in [5, 5.41) is 4.27. The molecule has 0 amide bonds. The van der Waals surface area contributed by atoms with Gasteiger partial charge in [0.1, 0.15) is 5.69 Å². The van der Waals surface area contributed by atoms with Gasteiger partial charge in [0.05, 0.1) is 10.7 Å². The van der Waals surface area contributed by atoms with Gasteiger partial charge in [0.15, 0.2) is 11.6 Å². The van der Waals surface area contributed by atoms with Crippen molar-refractivity contribution in [2.75, 3.05) is 5.73 Å². The molecule has 4 nitrogen and oxygen atoms in total. The summed E-state index contributed by atoms with van der Waals surface area (Å²) in [7, 11) is 1.70. The first kappa shape index (κ1) is 13.7. The zero-order chi connectivity index (χ0) is 14.0. The van der Waals surface area contributed by atoms with Crippen molar-refractivity contribution in [2.45, 2.75) is 19.8 Å². The number of aryl methyl sites for hydroxylation is 2. The maximum absolute atomic E-state index is 13.8. The first-order valence-electron chi connectivity index (χ1n) is 5.97. The summed E-state index contributed by atoms with van der Waals surface area (Å²) in [5.74, 6) is -0.253. The van der Waals surface area contributed by atoms with Crippen LogP contribution in [0, 0.1) is 5.82 Å². The minimum absolute atomic E-state index is 0.00650. The summed E-state index contributed by atoms with van der Waals surface area (Å²) in [6.07, 6.45) is 1.67. The van der Waals surface area contributed by atoms with Crippen molar-refractivity contribution in [1.82, 2.24) is 9.78 Å². The Morgan fingerprint density at radius 1 is 1.47 bits per heavy atom. The topological polar surface area (TPSA) is 53.1 Å². The minimum atomic E-state index is -0.609. The van der Waals surface area contributed by atoms with E-state index < -0.39 is 5.82 Å². The number of halogens is 2. The fraction of sp³-hybridized carbons (Fsp3) is 0.308. The first-order chi connectivity index (χ1) is 9.04. The van der Waals surface area contributed by atoms with Gasteiger partial charge in [-0.15, -0.1) is 0 Å². The van der Waals surface area contributed by atoms with E-state index in [4.69, 9.17) is 22.1 Å². The molecule has 0 aliphatic carbocycles. The van der Waals surface area contributed by atoms with Gasteiger partial charge >= 0.3 is 0 Å². The third-order valence-corrected chi connectivity index (χ3v) is 3.01. The molecule has 0 spiro atoms. The molecule has 0 atom stereocenters. The van der Waals surface area contributed by atoms with Gasteiger partial charge in [-0.2, -0.15) is 5.10 Å². The van der Waals surface area contributed by atoms with E-state index in [2.05, 4.69) is 5.10 Å². The largest absolute Gasteiger partial charge is 0.434 e. The van der Waals surface area contributed by atoms with Crippen molar-refractivity contribution >= 4 is 17.3 Å². The highest BCUT2D eigenvalue weighted by Crippen LogP contribution is 2.33. The van der Waals surface area contributed by atoms with E-state index >= 15 is 0 Å². The lowest BCUT2D eigenvalue weighted by Crippen LogP contribution is -1.98. The van der Waals surface area contributed by atoms with E-state index in [1.54, 1.807) is 13.1 Å². The Labute approximate surface area is 115 Å². The Bertz CT molecular complexity index is 598. The molecule has 19 heavy (non-hydrogen) atoms. The molecule has 0 aliphatic heterocycles. The van der Waals surface area contributed by atoms with Crippen LogP contribution in [0.1, 0.15) is 19.0 Å². The van der Waals surface area contributed by atoms with Crippen molar-refractivity contribution in [3.8, 4) is 11.6 Å². The van der Waals surface area contributed by atoms with Gasteiger partial charge in [0.25, 0.3) is 0 Å². The molecule has 0 aliphatic rings. The zero-order valence-corrected chi connectivity index (χ0v) is 11.5. The molecule has 1 aromatic heterocycles. The van der Waals surface area contributed by atoms with E-state index in [1.165, 1.54) is 16.8 Å². The summed E-state index contributed by atoms with van der Waals surface area (Å²) in [6, 6.07) is 4.56. The predicted molar refractivity (Wildman–Crippen MR) is 73.1 cm³/mol. The Hall–Kier alpha value is -1.75. The molecule has 0 saturated heterocycles. The van der Waals surface area contributed by atoms with E-state index in [0.717, 1.165) is 18.5 Å². The van der Waals surface area contributed by atoms with Crippen molar-refractivity contribution < 1.29 is 9.13 Å². The third-order valence-electron chi connectivity index (χ3n) is 2.72. The summed E-state index contributed by atoms with van der Waals surface area (Å²) >= 11 is 5.71. The van der Waals surface area contributed by atoms with Crippen LogP contribution in [0.4, 0.5) is 10.1 Å². The Morgan fingerprint density at radius 3 is 2.89 bits per heavy atom. The van der Waals surface area contributed by atoms with Crippen molar-refractivity contribution in [1.29, 1.82) is 0 Å². The molecule has 6 heteroatoms. The van der Waals surface area contributed by atoms with Crippen LogP contribution in [0.2, 0.25) is 5.02 Å². The van der Waals surface area contributed by atoms with E-state index in [0.29, 0.717) is 11.6 Å². The number of benzene rings is 1. The van der Waals surface area contributed by atoms with Crippen LogP contribution in [0.5, 0.6) is 11.6 Å². The van der Waals surface area contributed by atoms with Gasteiger partial charge in [-0.25, -0.2) is 9.07 Å². The lowest BCUT2D eigenvalue weighted by molar-refractivity contribution is 0.405. The first-order valence-corrected chi connectivity index (χ1v) is 6.35. The number of nitrogens with two attached hydrogens (primary N) is 1.